The maximum Gasteiger partial charge on any atom is 0.240 e. The monoisotopic (exact) mass is 334 g/mol. The molecule has 0 spiro atoms. The number of carbonyl (C=O) groups excluding carboxylic acids is 1. The third-order valence-electron chi connectivity index (χ3n) is 2.63. The predicted molar refractivity (Wildman–Crippen MR) is 75.4 cm³/mol. The molecule has 17 heavy (non-hydrogen) atoms. The number of benzene rings is 1. The summed E-state index contributed by atoms with van der Waals surface area (Å²) in [7, 11) is 0. The van der Waals surface area contributed by atoms with Crippen LogP contribution in [0.25, 0.3) is 21.8 Å². The topological polar surface area (TPSA) is 42.9 Å². The van der Waals surface area contributed by atoms with Gasteiger partial charge in [-0.25, -0.2) is 4.98 Å². The second kappa shape index (κ2) is 4.03. The summed E-state index contributed by atoms with van der Waals surface area (Å²) in [5, 5.41) is 2.03. The van der Waals surface area contributed by atoms with Gasteiger partial charge in [-0.3, -0.25) is 9.78 Å². The van der Waals surface area contributed by atoms with Crippen molar-refractivity contribution in [1.82, 2.24) is 9.97 Å². The Balaban J connectivity index is 2.46. The van der Waals surface area contributed by atoms with Crippen LogP contribution in [-0.4, -0.2) is 13.8 Å². The van der Waals surface area contributed by atoms with Gasteiger partial charge in [-0.15, -0.1) is 0 Å². The minimum absolute atomic E-state index is 0.0579. The van der Waals surface area contributed by atoms with Gasteiger partial charge in [0, 0.05) is 39.6 Å². The smallest absolute Gasteiger partial charge is 0.240 e. The highest BCUT2D eigenvalue weighted by molar-refractivity contribution is 14.1. The molecule has 2 aromatic heterocycles. The molecule has 0 bridgehead atoms. The lowest BCUT2D eigenvalue weighted by Crippen LogP contribution is -1.94. The second-order valence-electron chi connectivity index (χ2n) is 3.68. The summed E-state index contributed by atoms with van der Waals surface area (Å²) in [6, 6.07) is 11.5. The average Bonchev–Trinajstić information content (AvgIpc) is 2.38. The molecule has 0 unspecified atom stereocenters. The van der Waals surface area contributed by atoms with E-state index in [0.717, 1.165) is 21.8 Å². The van der Waals surface area contributed by atoms with E-state index in [0.29, 0.717) is 5.69 Å². The molecule has 0 aliphatic heterocycles. The normalized spacial score (nSPS) is 10.9. The van der Waals surface area contributed by atoms with Crippen LogP contribution >= 0.6 is 22.6 Å². The Morgan fingerprint density at radius 1 is 1.00 bits per heavy atom. The van der Waals surface area contributed by atoms with E-state index in [1.54, 1.807) is 34.9 Å². The number of halogens is 1. The predicted octanol–water partition coefficient (Wildman–Crippen LogP) is 3.36. The van der Waals surface area contributed by atoms with Crippen molar-refractivity contribution in [2.24, 2.45) is 0 Å². The molecule has 0 saturated heterocycles. The van der Waals surface area contributed by atoms with E-state index >= 15 is 0 Å². The molecular weight excluding hydrogens is 327 g/mol. The minimum Gasteiger partial charge on any atom is -0.280 e. The van der Waals surface area contributed by atoms with Crippen molar-refractivity contribution in [2.45, 2.75) is 0 Å². The summed E-state index contributed by atoms with van der Waals surface area (Å²) < 4.78 is -0.0579. The lowest BCUT2D eigenvalue weighted by Gasteiger charge is -2.02. The van der Waals surface area contributed by atoms with Gasteiger partial charge in [0.2, 0.25) is 3.79 Å². The first-order chi connectivity index (χ1) is 8.25. The van der Waals surface area contributed by atoms with Crippen molar-refractivity contribution in [3.05, 3.63) is 48.3 Å². The number of hydrogen-bond acceptors (Lipinski definition) is 3. The van der Waals surface area contributed by atoms with Crippen molar-refractivity contribution < 1.29 is 4.79 Å². The summed E-state index contributed by atoms with van der Waals surface area (Å²) in [5.41, 5.74) is 2.09. The number of nitrogens with zero attached hydrogens (tertiary/aromatic N) is 2. The molecule has 82 valence electrons. The fraction of sp³-hybridized carbons (Fsp3) is 0. The third-order valence-corrected chi connectivity index (χ3v) is 3.19. The first kappa shape index (κ1) is 10.6. The highest BCUT2D eigenvalue weighted by Crippen LogP contribution is 2.22. The molecule has 1 aromatic carbocycles. The Labute approximate surface area is 111 Å². The maximum atomic E-state index is 11.3. The van der Waals surface area contributed by atoms with Gasteiger partial charge in [0.25, 0.3) is 0 Å². The van der Waals surface area contributed by atoms with Gasteiger partial charge >= 0.3 is 0 Å². The van der Waals surface area contributed by atoms with E-state index in [4.69, 9.17) is 0 Å². The highest BCUT2D eigenvalue weighted by Gasteiger charge is 2.07. The summed E-state index contributed by atoms with van der Waals surface area (Å²) in [6.07, 6.45) is 1.74. The van der Waals surface area contributed by atoms with Crippen molar-refractivity contribution >= 4 is 48.2 Å². The van der Waals surface area contributed by atoms with Crippen LogP contribution in [0.3, 0.4) is 0 Å². The number of aromatic nitrogens is 2. The largest absolute Gasteiger partial charge is 0.280 e. The minimum atomic E-state index is -0.0579. The standard InChI is InChI=1S/C13H7IN2O/c14-13(17)10-6-5-9-4-3-8-2-1-7-15-11(8)12(9)16-10/h1-7H. The molecule has 2 heterocycles. The molecule has 0 saturated carbocycles. The lowest BCUT2D eigenvalue weighted by atomic mass is 10.1. The molecule has 4 heteroatoms. The fourth-order valence-corrected chi connectivity index (χ4v) is 2.13. The van der Waals surface area contributed by atoms with Crippen molar-refractivity contribution in [2.75, 3.05) is 0 Å². The Morgan fingerprint density at radius 3 is 2.47 bits per heavy atom. The Hall–Kier alpha value is -1.56. The number of fused-ring (bicyclic) bond motifs is 3. The molecule has 0 aliphatic carbocycles. The van der Waals surface area contributed by atoms with Crippen LogP contribution in [0, 0.1) is 0 Å². The van der Waals surface area contributed by atoms with Crippen LogP contribution in [0.1, 0.15) is 10.5 Å². The second-order valence-corrected chi connectivity index (χ2v) is 4.66. The highest BCUT2D eigenvalue weighted by atomic mass is 127. The third kappa shape index (κ3) is 1.78. The molecule has 0 aliphatic rings. The van der Waals surface area contributed by atoms with E-state index in [1.807, 2.05) is 30.3 Å². The Morgan fingerprint density at radius 2 is 1.71 bits per heavy atom. The van der Waals surface area contributed by atoms with E-state index in [-0.39, 0.29) is 3.79 Å². The molecule has 0 radical (unpaired) electrons. The van der Waals surface area contributed by atoms with Crippen molar-refractivity contribution in [3.8, 4) is 0 Å². The van der Waals surface area contributed by atoms with Crippen LogP contribution in [0.4, 0.5) is 0 Å². The number of rotatable bonds is 1. The molecule has 0 fully saturated rings. The van der Waals surface area contributed by atoms with E-state index in [1.165, 1.54) is 0 Å². The summed E-state index contributed by atoms with van der Waals surface area (Å²) in [5.74, 6) is 0. The van der Waals surface area contributed by atoms with Crippen LogP contribution in [0.5, 0.6) is 0 Å². The van der Waals surface area contributed by atoms with Gasteiger partial charge in [-0.05, 0) is 12.1 Å². The van der Waals surface area contributed by atoms with Crippen molar-refractivity contribution in [3.63, 3.8) is 0 Å². The SMILES string of the molecule is O=C(I)c1ccc2ccc3cccnc3c2n1. The molecule has 0 atom stereocenters. The van der Waals surface area contributed by atoms with Gasteiger partial charge in [0.05, 0.1) is 11.0 Å². The molecule has 3 rings (SSSR count). The van der Waals surface area contributed by atoms with Crippen LogP contribution in [0.15, 0.2) is 42.6 Å². The van der Waals surface area contributed by atoms with Gasteiger partial charge in [0.15, 0.2) is 0 Å². The Bertz CT molecular complexity index is 740. The maximum absolute atomic E-state index is 11.3. The molecule has 3 nitrogen and oxygen atoms in total. The molecule has 0 N–H and O–H groups in total. The molecule has 3 aromatic rings. The van der Waals surface area contributed by atoms with Crippen LogP contribution in [-0.2, 0) is 0 Å². The number of carbonyl (C=O) groups is 1. The molecule has 0 amide bonds. The number of hydrogen-bond donors (Lipinski definition) is 0. The lowest BCUT2D eigenvalue weighted by molar-refractivity contribution is 0.110. The van der Waals surface area contributed by atoms with Gasteiger partial charge in [0.1, 0.15) is 5.69 Å². The average molecular weight is 334 g/mol. The zero-order chi connectivity index (χ0) is 11.8. The summed E-state index contributed by atoms with van der Waals surface area (Å²) in [4.78, 5) is 20.0. The van der Waals surface area contributed by atoms with E-state index in [9.17, 15) is 4.79 Å². The van der Waals surface area contributed by atoms with E-state index in [2.05, 4.69) is 9.97 Å². The van der Waals surface area contributed by atoms with Crippen molar-refractivity contribution in [1.29, 1.82) is 0 Å². The van der Waals surface area contributed by atoms with Gasteiger partial charge in [-0.1, -0.05) is 24.3 Å². The Kier molecular flexibility index (Phi) is 2.51. The van der Waals surface area contributed by atoms with Crippen LogP contribution in [0.2, 0.25) is 0 Å². The fourth-order valence-electron chi connectivity index (χ4n) is 1.83. The summed E-state index contributed by atoms with van der Waals surface area (Å²) in [6.45, 7) is 0. The quantitative estimate of drug-likeness (QED) is 0.389. The van der Waals surface area contributed by atoms with Crippen LogP contribution < -0.4 is 0 Å². The zero-order valence-electron chi connectivity index (χ0n) is 8.72. The first-order valence-electron chi connectivity index (χ1n) is 5.10. The summed E-state index contributed by atoms with van der Waals surface area (Å²) >= 11 is 1.74. The van der Waals surface area contributed by atoms with Gasteiger partial charge < -0.3 is 0 Å². The van der Waals surface area contributed by atoms with E-state index < -0.39 is 0 Å². The first-order valence-corrected chi connectivity index (χ1v) is 6.18. The zero-order valence-corrected chi connectivity index (χ0v) is 10.9. The number of pyridine rings is 2. The van der Waals surface area contributed by atoms with Gasteiger partial charge in [-0.2, -0.15) is 0 Å². The molecular formula is C13H7IN2O.